The number of ketones is 1. The summed E-state index contributed by atoms with van der Waals surface area (Å²) in [5, 5.41) is 3.28. The molecular weight excluding hydrogens is 546 g/mol. The number of amides is 1. The average Bonchev–Trinajstić information content (AvgIpc) is 3.17. The number of pyridine rings is 2. The van der Waals surface area contributed by atoms with Crippen LogP contribution >= 0.6 is 11.6 Å². The molecule has 0 saturated carbocycles. The second-order valence-corrected chi connectivity index (χ2v) is 11.2. The van der Waals surface area contributed by atoms with Gasteiger partial charge in [-0.05, 0) is 86.0 Å². The number of carbonyl (C=O) groups excluding carboxylic acids is 2. The van der Waals surface area contributed by atoms with Crippen molar-refractivity contribution in [2.45, 2.75) is 20.3 Å². The highest BCUT2D eigenvalue weighted by Crippen LogP contribution is 2.30. The van der Waals surface area contributed by atoms with Crippen molar-refractivity contribution >= 4 is 46.0 Å². The Labute approximate surface area is 250 Å². The van der Waals surface area contributed by atoms with E-state index in [0.29, 0.717) is 16.3 Å². The number of aryl methyl sites for hydroxylation is 2. The Bertz CT molecular complexity index is 1740. The molecule has 212 valence electrons. The number of Topliss-reactive ketones (excluding diaryl/α,β-unsaturated/α-hetero) is 1. The number of benzene rings is 2. The van der Waals surface area contributed by atoms with Crippen LogP contribution in [0.3, 0.4) is 0 Å². The lowest BCUT2D eigenvalue weighted by Gasteiger charge is -2.24. The fraction of sp³-hybridized carbons (Fsp3) is 0.206. The van der Waals surface area contributed by atoms with Gasteiger partial charge in [0.2, 0.25) is 0 Å². The number of nitrogens with one attached hydrogen (secondary N) is 1. The van der Waals surface area contributed by atoms with Gasteiger partial charge in [0.1, 0.15) is 11.5 Å². The average molecular weight is 578 g/mol. The van der Waals surface area contributed by atoms with Gasteiger partial charge < -0.3 is 19.5 Å². The fourth-order valence-corrected chi connectivity index (χ4v) is 5.81. The Morgan fingerprint density at radius 1 is 0.833 bits per heavy atom. The topological polar surface area (TPSA) is 70.0 Å². The molecule has 6 rings (SSSR count). The van der Waals surface area contributed by atoms with E-state index in [9.17, 15) is 9.59 Å². The quantitative estimate of drug-likeness (QED) is 0.177. The first kappa shape index (κ1) is 27.5. The van der Waals surface area contributed by atoms with Gasteiger partial charge in [-0.15, -0.1) is 0 Å². The van der Waals surface area contributed by atoms with E-state index < -0.39 is 11.7 Å². The van der Waals surface area contributed by atoms with E-state index in [0.717, 1.165) is 60.9 Å². The lowest BCUT2D eigenvalue weighted by Crippen LogP contribution is -2.31. The molecule has 0 atom stereocenters. The van der Waals surface area contributed by atoms with Crippen LogP contribution in [-0.4, -0.2) is 47.3 Å². The van der Waals surface area contributed by atoms with E-state index in [-0.39, 0.29) is 5.69 Å². The van der Waals surface area contributed by atoms with E-state index in [1.54, 1.807) is 16.7 Å². The molecule has 0 radical (unpaired) electrons. The number of halogens is 1. The standard InChI is InChI=1S/C34H32ClN5O2/c1-23-19-24(2)36-31(20-23)39-16-6-15-38(17-18-39)28-13-10-27(11-14-28)37-34(42)33(41)32-30(25-7-4-3-5-8-25)21-29-12-9-26(35)22-40(29)32/h3-5,7-14,19-22H,6,15-18H2,1-2H3,(H,37,42). The highest BCUT2D eigenvalue weighted by molar-refractivity contribution is 6.47. The van der Waals surface area contributed by atoms with E-state index in [1.807, 2.05) is 73.7 Å². The second-order valence-electron chi connectivity index (χ2n) is 10.7. The third kappa shape index (κ3) is 5.74. The highest BCUT2D eigenvalue weighted by Gasteiger charge is 2.25. The number of rotatable bonds is 6. The van der Waals surface area contributed by atoms with Crippen LogP contribution in [-0.2, 0) is 4.79 Å². The maximum atomic E-state index is 13.6. The summed E-state index contributed by atoms with van der Waals surface area (Å²) in [7, 11) is 0. The molecule has 0 unspecified atom stereocenters. The summed E-state index contributed by atoms with van der Waals surface area (Å²) in [4.78, 5) is 36.3. The molecule has 5 aromatic rings. The Kier molecular flexibility index (Phi) is 7.68. The maximum absolute atomic E-state index is 13.6. The van der Waals surface area contributed by atoms with Crippen molar-refractivity contribution in [2.75, 3.05) is 41.3 Å². The van der Waals surface area contributed by atoms with Crippen molar-refractivity contribution in [1.29, 1.82) is 0 Å². The first-order valence-electron chi connectivity index (χ1n) is 14.1. The van der Waals surface area contributed by atoms with Crippen molar-refractivity contribution in [2.24, 2.45) is 0 Å². The van der Waals surface area contributed by atoms with Crippen LogP contribution in [0.15, 0.2) is 91.1 Å². The summed E-state index contributed by atoms with van der Waals surface area (Å²) in [5.74, 6) is -0.301. The van der Waals surface area contributed by atoms with Crippen molar-refractivity contribution in [3.05, 3.63) is 113 Å². The largest absolute Gasteiger partial charge is 0.370 e. The molecule has 0 spiro atoms. The molecule has 1 amide bonds. The van der Waals surface area contributed by atoms with Gasteiger partial charge in [0, 0.05) is 60.5 Å². The van der Waals surface area contributed by atoms with Gasteiger partial charge in [-0.1, -0.05) is 41.9 Å². The van der Waals surface area contributed by atoms with Crippen molar-refractivity contribution in [3.8, 4) is 11.1 Å². The minimum absolute atomic E-state index is 0.278. The van der Waals surface area contributed by atoms with Gasteiger partial charge in [-0.25, -0.2) is 4.98 Å². The third-order valence-electron chi connectivity index (χ3n) is 7.63. The predicted molar refractivity (Wildman–Crippen MR) is 170 cm³/mol. The van der Waals surface area contributed by atoms with Gasteiger partial charge in [0.05, 0.1) is 5.02 Å². The number of anilines is 3. The third-order valence-corrected chi connectivity index (χ3v) is 7.86. The number of hydrogen-bond donors (Lipinski definition) is 1. The summed E-state index contributed by atoms with van der Waals surface area (Å²) in [5.41, 5.74) is 6.48. The number of fused-ring (bicyclic) bond motifs is 1. The molecule has 7 nitrogen and oxygen atoms in total. The Morgan fingerprint density at radius 3 is 2.33 bits per heavy atom. The number of aromatic nitrogens is 2. The molecule has 0 aliphatic carbocycles. The van der Waals surface area contributed by atoms with Gasteiger partial charge in [0.15, 0.2) is 0 Å². The van der Waals surface area contributed by atoms with Crippen molar-refractivity contribution in [3.63, 3.8) is 0 Å². The Morgan fingerprint density at radius 2 is 1.57 bits per heavy atom. The number of hydrogen-bond acceptors (Lipinski definition) is 5. The van der Waals surface area contributed by atoms with Crippen molar-refractivity contribution in [1.82, 2.24) is 9.38 Å². The van der Waals surface area contributed by atoms with Crippen molar-refractivity contribution < 1.29 is 9.59 Å². The minimum Gasteiger partial charge on any atom is -0.370 e. The van der Waals surface area contributed by atoms with Crippen LogP contribution in [0.4, 0.5) is 17.2 Å². The lowest BCUT2D eigenvalue weighted by molar-refractivity contribution is -0.112. The first-order chi connectivity index (χ1) is 20.4. The smallest absolute Gasteiger partial charge is 0.298 e. The molecule has 1 N–H and O–H groups in total. The van der Waals surface area contributed by atoms with E-state index in [4.69, 9.17) is 16.6 Å². The summed E-state index contributed by atoms with van der Waals surface area (Å²) in [6.07, 6.45) is 2.68. The maximum Gasteiger partial charge on any atom is 0.298 e. The lowest BCUT2D eigenvalue weighted by atomic mass is 10.0. The summed E-state index contributed by atoms with van der Waals surface area (Å²) >= 11 is 6.26. The summed E-state index contributed by atoms with van der Waals surface area (Å²) in [6, 6.07) is 27.0. The molecule has 1 fully saturated rings. The molecule has 1 aliphatic rings. The van der Waals surface area contributed by atoms with Gasteiger partial charge >= 0.3 is 0 Å². The molecular formula is C34H32ClN5O2. The molecule has 3 aromatic heterocycles. The SMILES string of the molecule is Cc1cc(C)nc(N2CCCN(c3ccc(NC(=O)C(=O)c4c(-c5ccccc5)cc5ccc(Cl)cn45)cc3)CC2)c1. The van der Waals surface area contributed by atoms with Gasteiger partial charge in [-0.3, -0.25) is 9.59 Å². The predicted octanol–water partition coefficient (Wildman–Crippen LogP) is 6.81. The molecule has 0 bridgehead atoms. The van der Waals surface area contributed by atoms with Crippen LogP contribution in [0.1, 0.15) is 28.2 Å². The zero-order valence-electron chi connectivity index (χ0n) is 23.7. The van der Waals surface area contributed by atoms with Gasteiger partial charge in [-0.2, -0.15) is 0 Å². The van der Waals surface area contributed by atoms with Gasteiger partial charge in [0.25, 0.3) is 11.7 Å². The van der Waals surface area contributed by atoms with Crippen LogP contribution in [0.5, 0.6) is 0 Å². The zero-order chi connectivity index (χ0) is 29.2. The second kappa shape index (κ2) is 11.7. The summed E-state index contributed by atoms with van der Waals surface area (Å²) in [6.45, 7) is 7.76. The fourth-order valence-electron chi connectivity index (χ4n) is 5.65. The monoisotopic (exact) mass is 577 g/mol. The molecule has 1 saturated heterocycles. The van der Waals surface area contributed by atoms with E-state index in [1.165, 1.54) is 5.56 Å². The molecule has 4 heterocycles. The Balaban J connectivity index is 1.17. The van der Waals surface area contributed by atoms with E-state index in [2.05, 4.69) is 34.2 Å². The van der Waals surface area contributed by atoms with Crippen LogP contribution in [0, 0.1) is 13.8 Å². The minimum atomic E-state index is -0.703. The Hall–Kier alpha value is -4.62. The number of carbonyl (C=O) groups is 2. The van der Waals surface area contributed by atoms with Crippen LogP contribution in [0.2, 0.25) is 5.02 Å². The van der Waals surface area contributed by atoms with E-state index >= 15 is 0 Å². The molecule has 8 heteroatoms. The summed E-state index contributed by atoms with van der Waals surface area (Å²) < 4.78 is 1.69. The molecule has 1 aliphatic heterocycles. The van der Waals surface area contributed by atoms with Crippen LogP contribution in [0.25, 0.3) is 16.6 Å². The first-order valence-corrected chi connectivity index (χ1v) is 14.5. The number of nitrogens with zero attached hydrogens (tertiary/aromatic N) is 4. The molecule has 42 heavy (non-hydrogen) atoms. The molecule has 2 aromatic carbocycles. The zero-order valence-corrected chi connectivity index (χ0v) is 24.4. The van der Waals surface area contributed by atoms with Crippen LogP contribution < -0.4 is 15.1 Å². The normalized spacial score (nSPS) is 13.7. The highest BCUT2D eigenvalue weighted by atomic mass is 35.5.